The molecule has 0 N–H and O–H groups in total. The second-order valence-corrected chi connectivity index (χ2v) is 6.14. The lowest BCUT2D eigenvalue weighted by atomic mass is 10.1. The van der Waals surface area contributed by atoms with Crippen molar-refractivity contribution in [1.82, 2.24) is 0 Å². The van der Waals surface area contributed by atoms with E-state index in [-0.39, 0.29) is 0 Å². The van der Waals surface area contributed by atoms with Crippen molar-refractivity contribution in [1.29, 1.82) is 0 Å². The van der Waals surface area contributed by atoms with E-state index in [2.05, 4.69) is 62.0 Å². The second kappa shape index (κ2) is 14.8. The Morgan fingerprint density at radius 2 is 1.40 bits per heavy atom. The molecule has 2 heterocycles. The Morgan fingerprint density at radius 1 is 0.800 bits per heavy atom. The molecule has 20 heavy (non-hydrogen) atoms. The Labute approximate surface area is 134 Å². The predicted molar refractivity (Wildman–Crippen MR) is 99.5 cm³/mol. The molecule has 0 saturated heterocycles. The summed E-state index contributed by atoms with van der Waals surface area (Å²) in [5.41, 5.74) is 1.45. The summed E-state index contributed by atoms with van der Waals surface area (Å²) in [6.07, 6.45) is 0. The van der Waals surface area contributed by atoms with E-state index in [1.54, 1.807) is 11.3 Å². The molecule has 0 atom stereocenters. The number of thiophene rings is 2. The summed E-state index contributed by atoms with van der Waals surface area (Å²) in [7, 11) is 0. The Morgan fingerprint density at radius 3 is 1.60 bits per heavy atom. The molecule has 0 spiro atoms. The van der Waals surface area contributed by atoms with Crippen molar-refractivity contribution in [3.8, 4) is 0 Å². The lowest BCUT2D eigenvalue weighted by Crippen LogP contribution is -1.79. The quantitative estimate of drug-likeness (QED) is 0.530. The minimum atomic E-state index is 0.696. The van der Waals surface area contributed by atoms with E-state index in [0.29, 0.717) is 11.8 Å². The molecule has 0 amide bonds. The molecule has 0 radical (unpaired) electrons. The van der Waals surface area contributed by atoms with Crippen molar-refractivity contribution in [3.63, 3.8) is 0 Å². The van der Waals surface area contributed by atoms with Gasteiger partial charge in [0, 0.05) is 4.88 Å². The fourth-order valence-corrected chi connectivity index (χ4v) is 2.79. The molecular formula is C18H32S2. The molecule has 2 aromatic rings. The Hall–Kier alpha value is -0.600. The summed E-state index contributed by atoms with van der Waals surface area (Å²) in [4.78, 5) is 1.48. The summed E-state index contributed by atoms with van der Waals surface area (Å²) in [6.45, 7) is 16.8. The maximum absolute atomic E-state index is 2.21. The highest BCUT2D eigenvalue weighted by Gasteiger charge is 1.96. The first-order chi connectivity index (χ1) is 9.61. The first-order valence-corrected chi connectivity index (χ1v) is 9.49. The van der Waals surface area contributed by atoms with E-state index < -0.39 is 0 Å². The standard InChI is InChI=1S/2C7H10S.2C2H6/c1-6(2)7-3-4-8-5-7;1-6(2)7-4-3-5-8-7;2*1-2/h2*3-6H,1-2H3;2*1-2H3. The number of rotatable bonds is 2. The molecule has 0 unspecified atom stereocenters. The third kappa shape index (κ3) is 10.2. The van der Waals surface area contributed by atoms with Crippen molar-refractivity contribution >= 4 is 22.7 Å². The normalized spacial score (nSPS) is 8.90. The van der Waals surface area contributed by atoms with Gasteiger partial charge < -0.3 is 0 Å². The molecule has 0 aliphatic rings. The van der Waals surface area contributed by atoms with Gasteiger partial charge in [-0.05, 0) is 45.7 Å². The SMILES string of the molecule is CC.CC.CC(C)c1cccs1.CC(C)c1ccsc1. The van der Waals surface area contributed by atoms with Crippen LogP contribution in [0.3, 0.4) is 0 Å². The first-order valence-electron chi connectivity index (χ1n) is 7.66. The molecule has 0 saturated carbocycles. The van der Waals surface area contributed by atoms with Crippen LogP contribution >= 0.6 is 22.7 Å². The van der Waals surface area contributed by atoms with E-state index in [9.17, 15) is 0 Å². The molecular weight excluding hydrogens is 280 g/mol. The number of hydrogen-bond acceptors (Lipinski definition) is 2. The van der Waals surface area contributed by atoms with Crippen LogP contribution in [0.2, 0.25) is 0 Å². The smallest absolute Gasteiger partial charge is 0.00706 e. The summed E-state index contributed by atoms with van der Waals surface area (Å²) in [5.74, 6) is 1.40. The molecule has 2 heteroatoms. The van der Waals surface area contributed by atoms with Gasteiger partial charge in [-0.1, -0.05) is 61.5 Å². The van der Waals surface area contributed by atoms with Crippen molar-refractivity contribution < 1.29 is 0 Å². The first kappa shape index (κ1) is 21.7. The van der Waals surface area contributed by atoms with Gasteiger partial charge in [-0.3, -0.25) is 0 Å². The summed E-state index contributed by atoms with van der Waals surface area (Å²) in [5, 5.41) is 6.44. The van der Waals surface area contributed by atoms with Gasteiger partial charge in [0.15, 0.2) is 0 Å². The topological polar surface area (TPSA) is 0 Å². The summed E-state index contributed by atoms with van der Waals surface area (Å²) < 4.78 is 0. The van der Waals surface area contributed by atoms with Crippen LogP contribution in [0.5, 0.6) is 0 Å². The molecule has 0 aromatic carbocycles. The van der Waals surface area contributed by atoms with Crippen LogP contribution in [-0.4, -0.2) is 0 Å². The zero-order chi connectivity index (χ0) is 16.0. The summed E-state index contributed by atoms with van der Waals surface area (Å²) >= 11 is 3.60. The minimum absolute atomic E-state index is 0.696. The molecule has 0 nitrogen and oxygen atoms in total. The largest absolute Gasteiger partial charge is 0.152 e. The van der Waals surface area contributed by atoms with Crippen molar-refractivity contribution in [2.24, 2.45) is 0 Å². The maximum atomic E-state index is 2.21. The average Bonchev–Trinajstić information content (AvgIpc) is 3.17. The van der Waals surface area contributed by atoms with E-state index in [1.807, 2.05) is 39.0 Å². The van der Waals surface area contributed by atoms with Crippen molar-refractivity contribution in [3.05, 3.63) is 44.8 Å². The molecule has 0 aliphatic heterocycles. The zero-order valence-corrected chi connectivity index (χ0v) is 16.1. The van der Waals surface area contributed by atoms with Gasteiger partial charge in [0.25, 0.3) is 0 Å². The highest BCUT2D eigenvalue weighted by molar-refractivity contribution is 7.10. The Balaban J connectivity index is 0. The van der Waals surface area contributed by atoms with Crippen LogP contribution in [0.4, 0.5) is 0 Å². The van der Waals surface area contributed by atoms with Gasteiger partial charge in [0.2, 0.25) is 0 Å². The summed E-state index contributed by atoms with van der Waals surface area (Å²) in [6, 6.07) is 6.45. The van der Waals surface area contributed by atoms with E-state index in [0.717, 1.165) is 0 Å². The lowest BCUT2D eigenvalue weighted by Gasteiger charge is -1.96. The average molecular weight is 313 g/mol. The lowest BCUT2D eigenvalue weighted by molar-refractivity contribution is 0.872. The molecule has 0 bridgehead atoms. The predicted octanol–water partition coefficient (Wildman–Crippen LogP) is 7.80. The fourth-order valence-electron chi connectivity index (χ4n) is 1.22. The van der Waals surface area contributed by atoms with Crippen LogP contribution in [0.25, 0.3) is 0 Å². The van der Waals surface area contributed by atoms with Gasteiger partial charge in [0.1, 0.15) is 0 Å². The third-order valence-electron chi connectivity index (χ3n) is 2.32. The highest BCUT2D eigenvalue weighted by Crippen LogP contribution is 2.18. The monoisotopic (exact) mass is 312 g/mol. The van der Waals surface area contributed by atoms with Gasteiger partial charge in [-0.15, -0.1) is 11.3 Å². The molecule has 2 aromatic heterocycles. The fraction of sp³-hybridized carbons (Fsp3) is 0.556. The zero-order valence-electron chi connectivity index (χ0n) is 14.4. The minimum Gasteiger partial charge on any atom is -0.152 e. The second-order valence-electron chi connectivity index (χ2n) is 4.38. The van der Waals surface area contributed by atoms with Crippen molar-refractivity contribution in [2.75, 3.05) is 0 Å². The van der Waals surface area contributed by atoms with E-state index in [1.165, 1.54) is 10.4 Å². The molecule has 0 aliphatic carbocycles. The molecule has 2 rings (SSSR count). The van der Waals surface area contributed by atoms with Crippen LogP contribution in [0, 0.1) is 0 Å². The van der Waals surface area contributed by atoms with Gasteiger partial charge in [-0.25, -0.2) is 0 Å². The Bertz CT molecular complexity index is 318. The number of hydrogen-bond donors (Lipinski definition) is 0. The van der Waals surface area contributed by atoms with Crippen LogP contribution < -0.4 is 0 Å². The van der Waals surface area contributed by atoms with Crippen LogP contribution in [-0.2, 0) is 0 Å². The highest BCUT2D eigenvalue weighted by atomic mass is 32.1. The van der Waals surface area contributed by atoms with E-state index >= 15 is 0 Å². The van der Waals surface area contributed by atoms with Gasteiger partial charge in [0.05, 0.1) is 0 Å². The Kier molecular flexibility index (Phi) is 16.1. The van der Waals surface area contributed by atoms with Crippen LogP contribution in [0.15, 0.2) is 34.3 Å². The molecule has 0 fully saturated rings. The van der Waals surface area contributed by atoms with Gasteiger partial charge in [-0.2, -0.15) is 11.3 Å². The van der Waals surface area contributed by atoms with Gasteiger partial charge >= 0.3 is 0 Å². The van der Waals surface area contributed by atoms with Crippen molar-refractivity contribution in [2.45, 2.75) is 67.2 Å². The van der Waals surface area contributed by atoms with E-state index in [4.69, 9.17) is 0 Å². The van der Waals surface area contributed by atoms with Crippen LogP contribution in [0.1, 0.15) is 77.7 Å². The third-order valence-corrected chi connectivity index (χ3v) is 4.20. The molecule has 116 valence electrons. The maximum Gasteiger partial charge on any atom is 0.00706 e.